The van der Waals surface area contributed by atoms with Gasteiger partial charge in [0.05, 0.1) is 12.1 Å². The first-order chi connectivity index (χ1) is 16.2. The molecule has 0 spiro atoms. The summed E-state index contributed by atoms with van der Waals surface area (Å²) in [4.78, 5) is 12.5. The van der Waals surface area contributed by atoms with Crippen molar-refractivity contribution in [2.24, 2.45) is 0 Å². The lowest BCUT2D eigenvalue weighted by Crippen LogP contribution is -2.15. The van der Waals surface area contributed by atoms with Crippen LogP contribution in [0, 0.1) is 0 Å². The molecule has 0 fully saturated rings. The Bertz CT molecular complexity index is 1300. The molecule has 0 saturated heterocycles. The summed E-state index contributed by atoms with van der Waals surface area (Å²) in [7, 11) is 0. The normalized spacial score (nSPS) is 11.4. The van der Waals surface area contributed by atoms with E-state index in [1.54, 1.807) is 23.0 Å². The van der Waals surface area contributed by atoms with Crippen molar-refractivity contribution in [3.63, 3.8) is 0 Å². The molecule has 0 aliphatic heterocycles. The predicted molar refractivity (Wildman–Crippen MR) is 120 cm³/mol. The lowest BCUT2D eigenvalue weighted by Gasteiger charge is -2.10. The molecule has 176 valence electrons. The zero-order chi connectivity index (χ0) is 24.3. The molecule has 0 saturated carbocycles. The van der Waals surface area contributed by atoms with E-state index in [-0.39, 0.29) is 29.0 Å². The number of carbonyl (C=O) groups excluding carboxylic acids is 1. The average Bonchev–Trinajstić information content (AvgIpc) is 3.40. The molecule has 2 aromatic carbocycles. The molecule has 0 unspecified atom stereocenters. The molecule has 4 aromatic rings. The Kier molecular flexibility index (Phi) is 6.80. The van der Waals surface area contributed by atoms with Crippen LogP contribution in [-0.2, 0) is 19.5 Å². The summed E-state index contributed by atoms with van der Waals surface area (Å²) in [5, 5.41) is 11.8. The van der Waals surface area contributed by atoms with E-state index >= 15 is 0 Å². The number of nitrogens with zero attached hydrogens (tertiary/aromatic N) is 4. The number of hydrogen-bond acceptors (Lipinski definition) is 4. The van der Waals surface area contributed by atoms with Crippen LogP contribution in [0.15, 0.2) is 67.0 Å². The molecule has 2 aromatic heterocycles. The van der Waals surface area contributed by atoms with Gasteiger partial charge < -0.3 is 10.1 Å². The van der Waals surface area contributed by atoms with E-state index in [1.165, 1.54) is 29.1 Å². The molecular weight excluding hydrogens is 494 g/mol. The molecule has 4 rings (SSSR count). The number of nitrogens with one attached hydrogen (secondary N) is 1. The molecule has 34 heavy (non-hydrogen) atoms. The van der Waals surface area contributed by atoms with Gasteiger partial charge in [0, 0.05) is 17.4 Å². The van der Waals surface area contributed by atoms with Crippen molar-refractivity contribution in [2.45, 2.75) is 19.5 Å². The maximum absolute atomic E-state index is 12.8. The minimum atomic E-state index is -4.47. The largest absolute Gasteiger partial charge is 0.471 e. The number of ether oxygens (including phenoxy) is 1. The quantitative estimate of drug-likeness (QED) is 0.344. The number of benzene rings is 2. The topological polar surface area (TPSA) is 74.0 Å². The summed E-state index contributed by atoms with van der Waals surface area (Å²) in [5.41, 5.74) is 0.176. The highest BCUT2D eigenvalue weighted by molar-refractivity contribution is 6.33. The SMILES string of the molecule is O=C(Nc1nn(Cc2ccc(Cl)cc2)cc1Cl)c1ccn(COc2cccc(C(F)(F)F)c2)n1. The highest BCUT2D eigenvalue weighted by Gasteiger charge is 2.30. The summed E-state index contributed by atoms with van der Waals surface area (Å²) in [6, 6.07) is 13.1. The number of alkyl halides is 3. The molecule has 0 radical (unpaired) electrons. The number of hydrogen-bond donors (Lipinski definition) is 1. The second kappa shape index (κ2) is 9.78. The molecule has 2 heterocycles. The van der Waals surface area contributed by atoms with Gasteiger partial charge in [-0.3, -0.25) is 9.48 Å². The van der Waals surface area contributed by atoms with Gasteiger partial charge in [0.25, 0.3) is 5.91 Å². The first-order valence-electron chi connectivity index (χ1n) is 9.79. The van der Waals surface area contributed by atoms with Crippen LogP contribution in [0.2, 0.25) is 10.0 Å². The van der Waals surface area contributed by atoms with Crippen LogP contribution in [0.1, 0.15) is 21.6 Å². The van der Waals surface area contributed by atoms with E-state index in [2.05, 4.69) is 15.5 Å². The fraction of sp³-hybridized carbons (Fsp3) is 0.136. The summed E-state index contributed by atoms with van der Waals surface area (Å²) >= 11 is 12.1. The maximum Gasteiger partial charge on any atom is 0.416 e. The van der Waals surface area contributed by atoms with Crippen LogP contribution in [0.3, 0.4) is 0 Å². The first kappa shape index (κ1) is 23.7. The van der Waals surface area contributed by atoms with Gasteiger partial charge in [-0.1, -0.05) is 41.4 Å². The number of anilines is 1. The molecular formula is C22H16Cl2F3N5O2. The van der Waals surface area contributed by atoms with Crippen molar-refractivity contribution in [3.8, 4) is 5.75 Å². The van der Waals surface area contributed by atoms with Gasteiger partial charge in [-0.05, 0) is 42.0 Å². The van der Waals surface area contributed by atoms with Crippen LogP contribution in [-0.4, -0.2) is 25.5 Å². The lowest BCUT2D eigenvalue weighted by atomic mass is 10.2. The molecule has 1 amide bonds. The Morgan fingerprint density at radius 1 is 1.03 bits per heavy atom. The predicted octanol–water partition coefficient (Wildman–Crippen LogP) is 5.74. The molecule has 0 atom stereocenters. The minimum Gasteiger partial charge on any atom is -0.471 e. The number of halogens is 5. The van der Waals surface area contributed by atoms with Gasteiger partial charge in [0.15, 0.2) is 18.2 Å². The fourth-order valence-electron chi connectivity index (χ4n) is 2.97. The zero-order valence-corrected chi connectivity index (χ0v) is 18.8. The van der Waals surface area contributed by atoms with Gasteiger partial charge in [0.1, 0.15) is 10.8 Å². The summed E-state index contributed by atoms with van der Waals surface area (Å²) < 4.78 is 46.6. The lowest BCUT2D eigenvalue weighted by molar-refractivity contribution is -0.137. The number of aromatic nitrogens is 4. The highest BCUT2D eigenvalue weighted by atomic mass is 35.5. The average molecular weight is 510 g/mol. The second-order valence-corrected chi connectivity index (χ2v) is 7.99. The van der Waals surface area contributed by atoms with E-state index in [9.17, 15) is 18.0 Å². The van der Waals surface area contributed by atoms with Crippen molar-refractivity contribution in [1.29, 1.82) is 0 Å². The molecule has 0 aliphatic carbocycles. The third-order valence-electron chi connectivity index (χ3n) is 4.60. The summed E-state index contributed by atoms with van der Waals surface area (Å²) in [5.74, 6) is -0.374. The molecule has 12 heteroatoms. The Morgan fingerprint density at radius 3 is 2.53 bits per heavy atom. The van der Waals surface area contributed by atoms with Crippen molar-refractivity contribution in [2.75, 3.05) is 5.32 Å². The smallest absolute Gasteiger partial charge is 0.416 e. The monoisotopic (exact) mass is 509 g/mol. The molecule has 7 nitrogen and oxygen atoms in total. The number of carbonyl (C=O) groups is 1. The van der Waals surface area contributed by atoms with Gasteiger partial charge in [-0.2, -0.15) is 23.4 Å². The molecule has 1 N–H and O–H groups in total. The van der Waals surface area contributed by atoms with Crippen molar-refractivity contribution in [3.05, 3.63) is 93.9 Å². The van der Waals surface area contributed by atoms with Crippen molar-refractivity contribution in [1.82, 2.24) is 19.6 Å². The molecule has 0 bridgehead atoms. The third-order valence-corrected chi connectivity index (χ3v) is 5.13. The van der Waals surface area contributed by atoms with Gasteiger partial charge in [-0.15, -0.1) is 0 Å². The fourth-order valence-corrected chi connectivity index (χ4v) is 3.29. The first-order valence-corrected chi connectivity index (χ1v) is 10.6. The molecule has 0 aliphatic rings. The third kappa shape index (κ3) is 5.89. The Morgan fingerprint density at radius 2 is 1.79 bits per heavy atom. The van der Waals surface area contributed by atoms with E-state index in [0.29, 0.717) is 11.6 Å². The van der Waals surface area contributed by atoms with Gasteiger partial charge >= 0.3 is 6.18 Å². The number of rotatable bonds is 7. The Labute approximate surface area is 201 Å². The van der Waals surface area contributed by atoms with Crippen LogP contribution >= 0.6 is 23.2 Å². The van der Waals surface area contributed by atoms with Crippen molar-refractivity contribution < 1.29 is 22.7 Å². The Balaban J connectivity index is 1.36. The van der Waals surface area contributed by atoms with E-state index in [4.69, 9.17) is 27.9 Å². The standard InChI is InChI=1S/C22H16Cl2F3N5O2/c23-16-6-4-14(5-7-16)11-32-12-18(24)20(30-32)28-21(33)19-8-9-31(29-19)13-34-17-3-1-2-15(10-17)22(25,26)27/h1-10,12H,11,13H2,(H,28,30,33). The van der Waals surface area contributed by atoms with E-state index < -0.39 is 17.6 Å². The second-order valence-electron chi connectivity index (χ2n) is 7.14. The van der Waals surface area contributed by atoms with E-state index in [0.717, 1.165) is 17.7 Å². The Hall–Kier alpha value is -3.50. The van der Waals surface area contributed by atoms with E-state index in [1.807, 2.05) is 12.1 Å². The zero-order valence-electron chi connectivity index (χ0n) is 17.3. The van der Waals surface area contributed by atoms with Crippen LogP contribution in [0.25, 0.3) is 0 Å². The van der Waals surface area contributed by atoms with Crippen LogP contribution < -0.4 is 10.1 Å². The van der Waals surface area contributed by atoms with Crippen LogP contribution in [0.4, 0.5) is 19.0 Å². The maximum atomic E-state index is 12.8. The van der Waals surface area contributed by atoms with Crippen LogP contribution in [0.5, 0.6) is 5.75 Å². The highest BCUT2D eigenvalue weighted by Crippen LogP contribution is 2.31. The van der Waals surface area contributed by atoms with Gasteiger partial charge in [-0.25, -0.2) is 4.68 Å². The summed E-state index contributed by atoms with van der Waals surface area (Å²) in [6.07, 6.45) is -1.43. The minimum absolute atomic E-state index is 0.0225. The van der Waals surface area contributed by atoms with Crippen molar-refractivity contribution >= 4 is 34.9 Å². The number of amides is 1. The van der Waals surface area contributed by atoms with Gasteiger partial charge in [0.2, 0.25) is 0 Å². The summed E-state index contributed by atoms with van der Waals surface area (Å²) in [6.45, 7) is 0.235.